The van der Waals surface area contributed by atoms with Gasteiger partial charge in [0, 0.05) is 5.02 Å². The maximum Gasteiger partial charge on any atom is 0.266 e. The summed E-state index contributed by atoms with van der Waals surface area (Å²) in [7, 11) is 1.55. The molecule has 3 aromatic carbocycles. The number of aromatic nitrogens is 2. The van der Waals surface area contributed by atoms with Crippen LogP contribution in [0.3, 0.4) is 0 Å². The maximum atomic E-state index is 13.5. The summed E-state index contributed by atoms with van der Waals surface area (Å²) in [4.78, 5) is 31.2. The lowest BCUT2D eigenvalue weighted by atomic mass is 10.2. The highest BCUT2D eigenvalue weighted by atomic mass is 35.5. The van der Waals surface area contributed by atoms with Crippen LogP contribution in [0.2, 0.25) is 5.02 Å². The second-order valence-corrected chi connectivity index (χ2v) is 9.18. The first-order valence-electron chi connectivity index (χ1n) is 10.3. The monoisotopic (exact) mass is 479 g/mol. The predicted octanol–water partition coefficient (Wildman–Crippen LogP) is 5.48. The number of amides is 1. The zero-order chi connectivity index (χ0) is 23.5. The molecule has 1 amide bonds. The number of nitrogens with one attached hydrogen (secondary N) is 1. The Balaban J connectivity index is 1.76. The zero-order valence-corrected chi connectivity index (χ0v) is 19.9. The molecule has 0 bridgehead atoms. The Hall–Kier alpha value is -3.29. The van der Waals surface area contributed by atoms with Gasteiger partial charge >= 0.3 is 0 Å². The van der Waals surface area contributed by atoms with Crippen LogP contribution in [0.5, 0.6) is 5.75 Å². The molecule has 33 heavy (non-hydrogen) atoms. The Morgan fingerprint density at radius 2 is 1.85 bits per heavy atom. The van der Waals surface area contributed by atoms with Gasteiger partial charge in [0.15, 0.2) is 5.16 Å². The Bertz CT molecular complexity index is 1400. The summed E-state index contributed by atoms with van der Waals surface area (Å²) >= 11 is 7.35. The molecule has 0 aliphatic rings. The molecule has 0 radical (unpaired) electrons. The molecule has 0 saturated heterocycles. The number of benzene rings is 3. The topological polar surface area (TPSA) is 73.2 Å². The van der Waals surface area contributed by atoms with Crippen molar-refractivity contribution in [2.75, 3.05) is 12.4 Å². The Kier molecular flexibility index (Phi) is 6.72. The van der Waals surface area contributed by atoms with Gasteiger partial charge in [0.25, 0.3) is 5.56 Å². The summed E-state index contributed by atoms with van der Waals surface area (Å²) in [5, 5.41) is 3.70. The number of rotatable bonds is 6. The van der Waals surface area contributed by atoms with E-state index in [4.69, 9.17) is 21.3 Å². The number of methoxy groups -OCH3 is 1. The van der Waals surface area contributed by atoms with Crippen LogP contribution in [0.4, 0.5) is 5.69 Å². The number of ether oxygens (including phenoxy) is 1. The molecule has 4 aromatic rings. The van der Waals surface area contributed by atoms with E-state index in [1.165, 1.54) is 11.8 Å². The number of halogens is 1. The predicted molar refractivity (Wildman–Crippen MR) is 134 cm³/mol. The third kappa shape index (κ3) is 4.74. The molecular formula is C25H22ClN3O3S. The number of carbonyl (C=O) groups excluding carboxylic acids is 1. The SMILES string of the molecule is COc1ccccc1NC(=O)C(C)Sc1nc2cc(Cl)ccc2c(=O)n1-c1ccccc1C. The van der Waals surface area contributed by atoms with E-state index >= 15 is 0 Å². The van der Waals surface area contributed by atoms with Crippen LogP contribution in [0.1, 0.15) is 12.5 Å². The van der Waals surface area contributed by atoms with Gasteiger partial charge in [0.2, 0.25) is 5.91 Å². The fraction of sp³-hybridized carbons (Fsp3) is 0.160. The van der Waals surface area contributed by atoms with Crippen molar-refractivity contribution >= 4 is 45.9 Å². The van der Waals surface area contributed by atoms with Gasteiger partial charge in [-0.15, -0.1) is 0 Å². The maximum absolute atomic E-state index is 13.5. The summed E-state index contributed by atoms with van der Waals surface area (Å²) < 4.78 is 6.88. The number of nitrogens with zero attached hydrogens (tertiary/aromatic N) is 2. The molecule has 6 nitrogen and oxygen atoms in total. The number of thioether (sulfide) groups is 1. The molecule has 8 heteroatoms. The van der Waals surface area contributed by atoms with Crippen LogP contribution in [-0.2, 0) is 4.79 Å². The number of para-hydroxylation sites is 3. The molecule has 1 aromatic heterocycles. The smallest absolute Gasteiger partial charge is 0.266 e. The number of hydrogen-bond acceptors (Lipinski definition) is 5. The number of fused-ring (bicyclic) bond motifs is 1. The Morgan fingerprint density at radius 3 is 2.61 bits per heavy atom. The largest absolute Gasteiger partial charge is 0.495 e. The first-order valence-corrected chi connectivity index (χ1v) is 11.5. The number of hydrogen-bond donors (Lipinski definition) is 1. The van der Waals surface area contributed by atoms with E-state index in [1.54, 1.807) is 48.9 Å². The van der Waals surface area contributed by atoms with Crippen molar-refractivity contribution in [2.24, 2.45) is 0 Å². The van der Waals surface area contributed by atoms with E-state index < -0.39 is 5.25 Å². The molecule has 1 heterocycles. The van der Waals surface area contributed by atoms with Crippen molar-refractivity contribution in [3.05, 3.63) is 87.7 Å². The van der Waals surface area contributed by atoms with E-state index in [-0.39, 0.29) is 11.5 Å². The van der Waals surface area contributed by atoms with Crippen molar-refractivity contribution in [1.29, 1.82) is 0 Å². The molecule has 1 unspecified atom stereocenters. The van der Waals surface area contributed by atoms with E-state index in [0.29, 0.717) is 38.2 Å². The minimum atomic E-state index is -0.547. The van der Waals surface area contributed by atoms with E-state index in [2.05, 4.69) is 5.32 Å². The number of anilines is 1. The minimum absolute atomic E-state index is 0.217. The van der Waals surface area contributed by atoms with Crippen LogP contribution in [0.15, 0.2) is 76.7 Å². The fourth-order valence-electron chi connectivity index (χ4n) is 3.44. The first kappa shape index (κ1) is 22.9. The Labute approximate surface area is 200 Å². The minimum Gasteiger partial charge on any atom is -0.495 e. The fourth-order valence-corrected chi connectivity index (χ4v) is 4.52. The van der Waals surface area contributed by atoms with Crippen LogP contribution < -0.4 is 15.6 Å². The van der Waals surface area contributed by atoms with Gasteiger partial charge < -0.3 is 10.1 Å². The van der Waals surface area contributed by atoms with Crippen molar-refractivity contribution in [1.82, 2.24) is 9.55 Å². The normalized spacial score (nSPS) is 11.9. The number of aryl methyl sites for hydroxylation is 1. The first-order chi connectivity index (χ1) is 15.9. The van der Waals surface area contributed by atoms with E-state index in [9.17, 15) is 9.59 Å². The molecular weight excluding hydrogens is 458 g/mol. The lowest BCUT2D eigenvalue weighted by Gasteiger charge is -2.18. The van der Waals surface area contributed by atoms with Crippen molar-refractivity contribution < 1.29 is 9.53 Å². The van der Waals surface area contributed by atoms with Crippen molar-refractivity contribution in [3.8, 4) is 11.4 Å². The summed E-state index contributed by atoms with van der Waals surface area (Å²) in [5.74, 6) is 0.333. The molecule has 4 rings (SSSR count). The summed E-state index contributed by atoms with van der Waals surface area (Å²) in [6.45, 7) is 3.70. The van der Waals surface area contributed by atoms with Crippen LogP contribution in [0.25, 0.3) is 16.6 Å². The van der Waals surface area contributed by atoms with Gasteiger partial charge in [0.1, 0.15) is 5.75 Å². The third-order valence-corrected chi connectivity index (χ3v) is 6.46. The molecule has 0 fully saturated rings. The van der Waals surface area contributed by atoms with Crippen molar-refractivity contribution in [3.63, 3.8) is 0 Å². The van der Waals surface area contributed by atoms with Gasteiger partial charge in [-0.1, -0.05) is 53.7 Å². The summed E-state index contributed by atoms with van der Waals surface area (Å²) in [6, 6.07) is 19.8. The molecule has 0 spiro atoms. The zero-order valence-electron chi connectivity index (χ0n) is 18.3. The molecule has 0 saturated carbocycles. The highest BCUT2D eigenvalue weighted by molar-refractivity contribution is 8.00. The van der Waals surface area contributed by atoms with Gasteiger partial charge in [-0.05, 0) is 55.8 Å². The molecule has 168 valence electrons. The van der Waals surface area contributed by atoms with Crippen LogP contribution in [0, 0.1) is 6.92 Å². The van der Waals surface area contributed by atoms with Gasteiger partial charge in [0.05, 0.1) is 34.6 Å². The standard InChI is InChI=1S/C25H22ClN3O3S/c1-15-8-4-6-10-21(15)29-24(31)18-13-12-17(26)14-20(18)28-25(29)33-16(2)23(30)27-19-9-5-7-11-22(19)32-3/h4-14,16H,1-3H3,(H,27,30). The van der Waals surface area contributed by atoms with Crippen molar-refractivity contribution in [2.45, 2.75) is 24.3 Å². The van der Waals surface area contributed by atoms with Gasteiger partial charge in [-0.25, -0.2) is 4.98 Å². The third-order valence-electron chi connectivity index (χ3n) is 5.17. The highest BCUT2D eigenvalue weighted by Gasteiger charge is 2.22. The van der Waals surface area contributed by atoms with E-state index in [0.717, 1.165) is 5.56 Å². The molecule has 0 aliphatic heterocycles. The van der Waals surface area contributed by atoms with Gasteiger partial charge in [-0.3, -0.25) is 14.2 Å². The van der Waals surface area contributed by atoms with Crippen LogP contribution in [-0.4, -0.2) is 27.8 Å². The summed E-state index contributed by atoms with van der Waals surface area (Å²) in [5.41, 5.74) is 2.48. The van der Waals surface area contributed by atoms with E-state index in [1.807, 2.05) is 43.3 Å². The van der Waals surface area contributed by atoms with Gasteiger partial charge in [-0.2, -0.15) is 0 Å². The highest BCUT2D eigenvalue weighted by Crippen LogP contribution is 2.29. The average Bonchev–Trinajstić information content (AvgIpc) is 2.80. The lowest BCUT2D eigenvalue weighted by molar-refractivity contribution is -0.115. The quantitative estimate of drug-likeness (QED) is 0.293. The lowest BCUT2D eigenvalue weighted by Crippen LogP contribution is -2.26. The Morgan fingerprint density at radius 1 is 1.12 bits per heavy atom. The summed E-state index contributed by atoms with van der Waals surface area (Å²) in [6.07, 6.45) is 0. The molecule has 1 atom stereocenters. The average molecular weight is 480 g/mol. The molecule has 1 N–H and O–H groups in total. The second kappa shape index (κ2) is 9.68. The van der Waals surface area contributed by atoms with Crippen LogP contribution >= 0.6 is 23.4 Å². The second-order valence-electron chi connectivity index (χ2n) is 7.43. The number of carbonyl (C=O) groups is 1. The molecule has 0 aliphatic carbocycles.